The van der Waals surface area contributed by atoms with Crippen LogP contribution in [0.4, 0.5) is 0 Å². The SMILES string of the molecule is CCCCO[B]O.CCO. The van der Waals surface area contributed by atoms with E-state index in [1.54, 1.807) is 6.92 Å². The Bertz CT molecular complexity index is 40.0. The first-order chi connectivity index (χ1) is 4.83. The maximum absolute atomic E-state index is 7.95. The minimum atomic E-state index is 0.250. The first-order valence-corrected chi connectivity index (χ1v) is 3.51. The Labute approximate surface area is 63.3 Å². The van der Waals surface area contributed by atoms with E-state index in [1.807, 2.05) is 0 Å². The molecule has 0 aromatic rings. The second kappa shape index (κ2) is 16.0. The molecule has 4 heteroatoms. The third kappa shape index (κ3) is 24.6. The zero-order valence-corrected chi connectivity index (χ0v) is 6.71. The number of hydrogen-bond donors (Lipinski definition) is 2. The minimum absolute atomic E-state index is 0.250. The summed E-state index contributed by atoms with van der Waals surface area (Å²) < 4.78 is 4.50. The van der Waals surface area contributed by atoms with Gasteiger partial charge in [-0.3, -0.25) is 0 Å². The lowest BCUT2D eigenvalue weighted by Gasteiger charge is -1.92. The van der Waals surface area contributed by atoms with E-state index in [0.29, 0.717) is 6.61 Å². The predicted molar refractivity (Wildman–Crippen MR) is 41.6 cm³/mol. The highest BCUT2D eigenvalue weighted by atomic mass is 16.5. The van der Waals surface area contributed by atoms with Crippen LogP contribution in [0.15, 0.2) is 0 Å². The molecule has 0 fully saturated rings. The van der Waals surface area contributed by atoms with Crippen molar-refractivity contribution in [2.24, 2.45) is 0 Å². The van der Waals surface area contributed by atoms with Gasteiger partial charge in [-0.05, 0) is 13.3 Å². The lowest BCUT2D eigenvalue weighted by Crippen LogP contribution is -1.97. The molecule has 0 saturated carbocycles. The molecule has 61 valence electrons. The van der Waals surface area contributed by atoms with E-state index in [1.165, 1.54) is 0 Å². The van der Waals surface area contributed by atoms with E-state index >= 15 is 0 Å². The van der Waals surface area contributed by atoms with E-state index in [2.05, 4.69) is 11.6 Å². The average Bonchev–Trinajstić information content (AvgIpc) is 1.91. The topological polar surface area (TPSA) is 49.7 Å². The number of unbranched alkanes of at least 4 members (excludes halogenated alkanes) is 1. The molecule has 0 rings (SSSR count). The van der Waals surface area contributed by atoms with E-state index in [0.717, 1.165) is 20.5 Å². The molecule has 0 aliphatic carbocycles. The maximum atomic E-state index is 7.95. The summed E-state index contributed by atoms with van der Waals surface area (Å²) in [6, 6.07) is 0. The molecule has 0 amide bonds. The van der Waals surface area contributed by atoms with Gasteiger partial charge in [-0.1, -0.05) is 13.3 Å². The summed E-state index contributed by atoms with van der Waals surface area (Å²) in [6.45, 7) is 4.63. The van der Waals surface area contributed by atoms with E-state index in [9.17, 15) is 0 Å². The van der Waals surface area contributed by atoms with Crippen molar-refractivity contribution < 1.29 is 14.8 Å². The van der Waals surface area contributed by atoms with Gasteiger partial charge >= 0.3 is 7.69 Å². The van der Waals surface area contributed by atoms with Crippen molar-refractivity contribution in [2.75, 3.05) is 13.2 Å². The van der Waals surface area contributed by atoms with E-state index in [-0.39, 0.29) is 6.61 Å². The summed E-state index contributed by atoms with van der Waals surface area (Å²) in [5, 5.41) is 15.5. The highest BCUT2D eigenvalue weighted by Gasteiger charge is 1.83. The van der Waals surface area contributed by atoms with Gasteiger partial charge in [0.2, 0.25) is 0 Å². The van der Waals surface area contributed by atoms with Crippen LogP contribution in [-0.4, -0.2) is 31.0 Å². The van der Waals surface area contributed by atoms with Gasteiger partial charge in [0.15, 0.2) is 0 Å². The Morgan fingerprint density at radius 1 is 1.40 bits per heavy atom. The second-order valence-corrected chi connectivity index (χ2v) is 1.65. The predicted octanol–water partition coefficient (Wildman–Crippen LogP) is 0.328. The van der Waals surface area contributed by atoms with Gasteiger partial charge < -0.3 is 14.8 Å². The molecule has 0 aromatic heterocycles. The molecule has 0 aliphatic rings. The summed E-state index contributed by atoms with van der Waals surface area (Å²) in [6.07, 6.45) is 2.12. The lowest BCUT2D eigenvalue weighted by molar-refractivity contribution is 0.278. The molecule has 0 unspecified atom stereocenters. The minimum Gasteiger partial charge on any atom is -0.429 e. The third-order valence-electron chi connectivity index (χ3n) is 0.690. The molecule has 0 aliphatic heterocycles. The number of aliphatic hydroxyl groups is 1. The van der Waals surface area contributed by atoms with Gasteiger partial charge in [0.05, 0.1) is 0 Å². The van der Waals surface area contributed by atoms with Crippen LogP contribution in [0.1, 0.15) is 26.7 Å². The fourth-order valence-corrected chi connectivity index (χ4v) is 0.280. The normalized spacial score (nSPS) is 8.00. The summed E-state index contributed by atoms with van der Waals surface area (Å²) in [4.78, 5) is 0. The fourth-order valence-electron chi connectivity index (χ4n) is 0.280. The van der Waals surface area contributed by atoms with Crippen molar-refractivity contribution in [3.05, 3.63) is 0 Å². The van der Waals surface area contributed by atoms with Gasteiger partial charge in [-0.15, -0.1) is 0 Å². The number of hydrogen-bond acceptors (Lipinski definition) is 3. The molecule has 0 atom stereocenters. The third-order valence-corrected chi connectivity index (χ3v) is 0.690. The van der Waals surface area contributed by atoms with Gasteiger partial charge in [-0.2, -0.15) is 0 Å². The Balaban J connectivity index is 0. The van der Waals surface area contributed by atoms with E-state index < -0.39 is 0 Å². The van der Waals surface area contributed by atoms with Crippen LogP contribution in [0.3, 0.4) is 0 Å². The van der Waals surface area contributed by atoms with Crippen LogP contribution in [0.25, 0.3) is 0 Å². The zero-order valence-electron chi connectivity index (χ0n) is 6.71. The molecule has 3 nitrogen and oxygen atoms in total. The number of rotatable bonds is 4. The average molecular weight is 147 g/mol. The second-order valence-electron chi connectivity index (χ2n) is 1.65. The van der Waals surface area contributed by atoms with Gasteiger partial charge in [-0.25, -0.2) is 0 Å². The number of aliphatic hydroxyl groups excluding tert-OH is 1. The Kier molecular flexibility index (Phi) is 20.1. The monoisotopic (exact) mass is 147 g/mol. The molecule has 1 radical (unpaired) electrons. The van der Waals surface area contributed by atoms with Crippen molar-refractivity contribution in [1.82, 2.24) is 0 Å². The van der Waals surface area contributed by atoms with Crippen LogP contribution in [0.5, 0.6) is 0 Å². The summed E-state index contributed by atoms with van der Waals surface area (Å²) in [5.41, 5.74) is 0. The van der Waals surface area contributed by atoms with Crippen LogP contribution < -0.4 is 0 Å². The zero-order chi connectivity index (χ0) is 8.24. The van der Waals surface area contributed by atoms with Crippen molar-refractivity contribution >= 4 is 7.69 Å². The van der Waals surface area contributed by atoms with Crippen LogP contribution in [-0.2, 0) is 4.65 Å². The van der Waals surface area contributed by atoms with Crippen molar-refractivity contribution in [3.63, 3.8) is 0 Å². The van der Waals surface area contributed by atoms with Gasteiger partial charge in [0, 0.05) is 13.2 Å². The highest BCUT2D eigenvalue weighted by molar-refractivity contribution is 6.15. The summed E-state index contributed by atoms with van der Waals surface area (Å²) >= 11 is 0. The standard InChI is InChI=1S/C4H10BO2.C2H6O/c1-2-3-4-7-5-6;1-2-3/h6H,2-4H2,1H3;3H,2H2,1H3. The molecule has 0 spiro atoms. The highest BCUT2D eigenvalue weighted by Crippen LogP contribution is 1.84. The van der Waals surface area contributed by atoms with Crippen LogP contribution in [0, 0.1) is 0 Å². The fraction of sp³-hybridized carbons (Fsp3) is 1.00. The molecule has 0 aromatic carbocycles. The first-order valence-electron chi connectivity index (χ1n) is 3.51. The van der Waals surface area contributed by atoms with E-state index in [4.69, 9.17) is 10.1 Å². The Morgan fingerprint density at radius 2 is 1.90 bits per heavy atom. The van der Waals surface area contributed by atoms with Crippen molar-refractivity contribution in [1.29, 1.82) is 0 Å². The quantitative estimate of drug-likeness (QED) is 0.445. The van der Waals surface area contributed by atoms with Gasteiger partial charge in [0.1, 0.15) is 0 Å². The van der Waals surface area contributed by atoms with Crippen LogP contribution >= 0.6 is 0 Å². The largest absolute Gasteiger partial charge is 0.485 e. The summed E-state index contributed by atoms with van der Waals surface area (Å²) in [5.74, 6) is 0. The molecule has 2 N–H and O–H groups in total. The summed E-state index contributed by atoms with van der Waals surface area (Å²) in [7, 11) is 0.732. The maximum Gasteiger partial charge on any atom is 0.485 e. The van der Waals surface area contributed by atoms with Crippen LogP contribution in [0.2, 0.25) is 0 Å². The first kappa shape index (κ1) is 12.6. The smallest absolute Gasteiger partial charge is 0.429 e. The molecule has 0 heterocycles. The Hall–Kier alpha value is -0.0551. The Morgan fingerprint density at radius 3 is 2.20 bits per heavy atom. The van der Waals surface area contributed by atoms with Crippen molar-refractivity contribution in [2.45, 2.75) is 26.7 Å². The molecule has 10 heavy (non-hydrogen) atoms. The molecular weight excluding hydrogens is 131 g/mol. The molecule has 0 saturated heterocycles. The molecule has 0 bridgehead atoms. The lowest BCUT2D eigenvalue weighted by atomic mass is 10.3. The van der Waals surface area contributed by atoms with Crippen molar-refractivity contribution in [3.8, 4) is 0 Å². The van der Waals surface area contributed by atoms with Gasteiger partial charge in [0.25, 0.3) is 0 Å². The molecular formula is C6H16BO3.